The largest absolute Gasteiger partial charge is 0.375 e. The van der Waals surface area contributed by atoms with E-state index in [4.69, 9.17) is 4.74 Å². The first kappa shape index (κ1) is 12.7. The number of hydrogen-bond donors (Lipinski definition) is 1. The van der Waals surface area contributed by atoms with Gasteiger partial charge in [-0.1, -0.05) is 41.1 Å². The van der Waals surface area contributed by atoms with Gasteiger partial charge in [0.15, 0.2) is 0 Å². The Morgan fingerprint density at radius 2 is 2.13 bits per heavy atom. The Morgan fingerprint density at radius 1 is 1.40 bits per heavy atom. The van der Waals surface area contributed by atoms with E-state index >= 15 is 0 Å². The van der Waals surface area contributed by atoms with Crippen LogP contribution in [0.3, 0.4) is 0 Å². The van der Waals surface area contributed by atoms with Gasteiger partial charge in [0.1, 0.15) is 0 Å². The Hall–Kier alpha value is -0.380. The molecule has 0 amide bonds. The molecule has 0 saturated heterocycles. The maximum absolute atomic E-state index is 5.47. The topological polar surface area (TPSA) is 21.3 Å². The van der Waals surface area contributed by atoms with E-state index in [1.54, 1.807) is 7.11 Å². The minimum Gasteiger partial charge on any atom is -0.375 e. The highest BCUT2D eigenvalue weighted by Gasteiger charge is 2.12. The molecule has 0 saturated carbocycles. The van der Waals surface area contributed by atoms with Crippen LogP contribution in [0.5, 0.6) is 0 Å². The van der Waals surface area contributed by atoms with Crippen LogP contribution in [0.1, 0.15) is 25.0 Å². The molecule has 2 nitrogen and oxygen atoms in total. The summed E-state index contributed by atoms with van der Waals surface area (Å²) in [6, 6.07) is 8.18. The number of benzene rings is 1. The third kappa shape index (κ3) is 3.93. The molecule has 3 heteroatoms. The summed E-state index contributed by atoms with van der Waals surface area (Å²) in [6.45, 7) is 4.05. The number of methoxy groups -OCH3 is 1. The van der Waals surface area contributed by atoms with Crippen molar-refractivity contribution in [3.8, 4) is 0 Å². The zero-order chi connectivity index (χ0) is 11.1. The van der Waals surface area contributed by atoms with Gasteiger partial charge in [-0.2, -0.15) is 0 Å². The van der Waals surface area contributed by atoms with Gasteiger partial charge in [-0.25, -0.2) is 0 Å². The summed E-state index contributed by atoms with van der Waals surface area (Å²) in [5.74, 6) is 0. The molecule has 1 atom stereocenters. The molecule has 0 aliphatic carbocycles. The van der Waals surface area contributed by atoms with Crippen molar-refractivity contribution >= 4 is 15.9 Å². The van der Waals surface area contributed by atoms with Crippen molar-refractivity contribution in [3.05, 3.63) is 34.3 Å². The summed E-state index contributed by atoms with van der Waals surface area (Å²) in [6.07, 6.45) is 1.26. The zero-order valence-corrected chi connectivity index (χ0v) is 10.9. The molecule has 0 bridgehead atoms. The molecule has 0 heterocycles. The van der Waals surface area contributed by atoms with Gasteiger partial charge in [0, 0.05) is 18.1 Å². The summed E-state index contributed by atoms with van der Waals surface area (Å²) < 4.78 is 6.58. The average molecular weight is 272 g/mol. The van der Waals surface area contributed by atoms with E-state index in [2.05, 4.69) is 34.2 Å². The summed E-state index contributed by atoms with van der Waals surface area (Å²) in [4.78, 5) is 0. The minimum atomic E-state index is 0.118. The van der Waals surface area contributed by atoms with E-state index < -0.39 is 0 Å². The second kappa shape index (κ2) is 6.99. The second-order valence-corrected chi connectivity index (χ2v) is 4.30. The Kier molecular flexibility index (Phi) is 5.91. The highest BCUT2D eigenvalue weighted by molar-refractivity contribution is 9.10. The molecule has 1 unspecified atom stereocenters. The highest BCUT2D eigenvalue weighted by atomic mass is 79.9. The zero-order valence-electron chi connectivity index (χ0n) is 9.29. The third-order valence-corrected chi connectivity index (χ3v) is 3.02. The van der Waals surface area contributed by atoms with Gasteiger partial charge < -0.3 is 10.1 Å². The average Bonchev–Trinajstić information content (AvgIpc) is 2.26. The maximum Gasteiger partial charge on any atom is 0.0956 e. The monoisotopic (exact) mass is 271 g/mol. The van der Waals surface area contributed by atoms with E-state index in [9.17, 15) is 0 Å². The summed E-state index contributed by atoms with van der Waals surface area (Å²) in [5.41, 5.74) is 1.20. The van der Waals surface area contributed by atoms with Gasteiger partial charge in [0.05, 0.1) is 6.10 Å². The molecule has 15 heavy (non-hydrogen) atoms. The van der Waals surface area contributed by atoms with E-state index in [0.29, 0.717) is 0 Å². The van der Waals surface area contributed by atoms with Crippen molar-refractivity contribution in [3.63, 3.8) is 0 Å². The highest BCUT2D eigenvalue weighted by Crippen LogP contribution is 2.24. The van der Waals surface area contributed by atoms with E-state index in [1.807, 2.05) is 18.2 Å². The van der Waals surface area contributed by atoms with Crippen molar-refractivity contribution in [1.29, 1.82) is 0 Å². The van der Waals surface area contributed by atoms with Crippen LogP contribution in [-0.4, -0.2) is 20.2 Å². The number of nitrogens with one attached hydrogen (secondary N) is 1. The molecule has 0 radical (unpaired) electrons. The molecule has 0 aromatic heterocycles. The number of halogens is 1. The van der Waals surface area contributed by atoms with Gasteiger partial charge in [-0.15, -0.1) is 0 Å². The van der Waals surface area contributed by atoms with Crippen LogP contribution >= 0.6 is 15.9 Å². The Bertz CT molecular complexity index is 291. The normalized spacial score (nSPS) is 12.7. The first-order chi connectivity index (χ1) is 7.29. The Morgan fingerprint density at radius 3 is 2.73 bits per heavy atom. The lowest BCUT2D eigenvalue weighted by Gasteiger charge is -2.17. The molecule has 0 aliphatic rings. The van der Waals surface area contributed by atoms with E-state index in [1.165, 1.54) is 5.56 Å². The maximum atomic E-state index is 5.47. The molecule has 1 rings (SSSR count). The molecule has 84 valence electrons. The fourth-order valence-electron chi connectivity index (χ4n) is 1.47. The molecular formula is C12H18BrNO. The summed E-state index contributed by atoms with van der Waals surface area (Å²) in [7, 11) is 1.75. The quantitative estimate of drug-likeness (QED) is 0.803. The van der Waals surface area contributed by atoms with Crippen molar-refractivity contribution in [2.75, 3.05) is 20.2 Å². The van der Waals surface area contributed by atoms with E-state index in [0.717, 1.165) is 24.0 Å². The molecular weight excluding hydrogens is 254 g/mol. The van der Waals surface area contributed by atoms with Crippen LogP contribution in [0.4, 0.5) is 0 Å². The predicted molar refractivity (Wildman–Crippen MR) is 67.1 cm³/mol. The summed E-state index contributed by atoms with van der Waals surface area (Å²) in [5, 5.41) is 3.37. The molecule has 0 spiro atoms. The standard InChI is InChI=1S/C12H18BrNO/c1-3-8-14-9-12(15-2)10-6-4-5-7-11(10)13/h4-7,12,14H,3,8-9H2,1-2H3. The summed E-state index contributed by atoms with van der Waals surface area (Å²) >= 11 is 3.54. The predicted octanol–water partition coefficient (Wildman–Crippen LogP) is 3.14. The first-order valence-electron chi connectivity index (χ1n) is 5.27. The first-order valence-corrected chi connectivity index (χ1v) is 6.06. The second-order valence-electron chi connectivity index (χ2n) is 3.45. The molecule has 1 aromatic rings. The van der Waals surface area contributed by atoms with Crippen LogP contribution in [0.2, 0.25) is 0 Å². The van der Waals surface area contributed by atoms with Gasteiger partial charge in [0.2, 0.25) is 0 Å². The number of hydrogen-bond acceptors (Lipinski definition) is 2. The minimum absolute atomic E-state index is 0.118. The smallest absolute Gasteiger partial charge is 0.0956 e. The molecule has 0 fully saturated rings. The van der Waals surface area contributed by atoms with Crippen molar-refractivity contribution in [2.45, 2.75) is 19.4 Å². The van der Waals surface area contributed by atoms with Crippen molar-refractivity contribution < 1.29 is 4.74 Å². The fourth-order valence-corrected chi connectivity index (χ4v) is 2.01. The van der Waals surface area contributed by atoms with Gasteiger partial charge >= 0.3 is 0 Å². The van der Waals surface area contributed by atoms with Crippen molar-refractivity contribution in [1.82, 2.24) is 5.32 Å². The number of rotatable bonds is 6. The molecule has 1 aromatic carbocycles. The fraction of sp³-hybridized carbons (Fsp3) is 0.500. The van der Waals surface area contributed by atoms with Crippen LogP contribution in [-0.2, 0) is 4.74 Å². The van der Waals surface area contributed by atoms with Gasteiger partial charge in [-0.3, -0.25) is 0 Å². The lowest BCUT2D eigenvalue weighted by Crippen LogP contribution is -2.23. The van der Waals surface area contributed by atoms with Crippen LogP contribution in [0.15, 0.2) is 28.7 Å². The lowest BCUT2D eigenvalue weighted by atomic mass is 10.1. The Labute approximate surface area is 100 Å². The van der Waals surface area contributed by atoms with Gasteiger partial charge in [-0.05, 0) is 24.6 Å². The van der Waals surface area contributed by atoms with Gasteiger partial charge in [0.25, 0.3) is 0 Å². The molecule has 0 aliphatic heterocycles. The lowest BCUT2D eigenvalue weighted by molar-refractivity contribution is 0.102. The Balaban J connectivity index is 2.61. The number of ether oxygens (including phenoxy) is 1. The van der Waals surface area contributed by atoms with Crippen LogP contribution in [0.25, 0.3) is 0 Å². The molecule has 1 N–H and O–H groups in total. The van der Waals surface area contributed by atoms with Crippen LogP contribution < -0.4 is 5.32 Å². The van der Waals surface area contributed by atoms with Crippen LogP contribution in [0, 0.1) is 0 Å². The van der Waals surface area contributed by atoms with Crippen molar-refractivity contribution in [2.24, 2.45) is 0 Å². The van der Waals surface area contributed by atoms with E-state index in [-0.39, 0.29) is 6.10 Å². The SMILES string of the molecule is CCCNCC(OC)c1ccccc1Br. The third-order valence-electron chi connectivity index (χ3n) is 2.29.